The molecule has 0 unspecified atom stereocenters. The second-order valence-electron chi connectivity index (χ2n) is 8.47. The second kappa shape index (κ2) is 10.2. The van der Waals surface area contributed by atoms with Crippen molar-refractivity contribution >= 4 is 0 Å². The molecule has 0 spiro atoms. The number of allylic oxidation sites excluding steroid dienone is 12. The molecule has 0 aliphatic heterocycles. The third-order valence-electron chi connectivity index (χ3n) is 6.53. The molecule has 2 heteroatoms. The van der Waals surface area contributed by atoms with Crippen molar-refractivity contribution in [3.63, 3.8) is 0 Å². The number of alkyl halides is 2. The van der Waals surface area contributed by atoms with Gasteiger partial charge in [-0.3, -0.25) is 0 Å². The highest BCUT2D eigenvalue weighted by Crippen LogP contribution is 2.38. The molecule has 0 amide bonds. The third-order valence-corrected chi connectivity index (χ3v) is 6.53. The fourth-order valence-electron chi connectivity index (χ4n) is 4.20. The highest BCUT2D eigenvalue weighted by atomic mass is 19.3. The molecule has 2 rings (SSSR count). The molecule has 2 aliphatic carbocycles. The molecule has 2 aliphatic rings. The molecular weight excluding hydrogens is 362 g/mol. The van der Waals surface area contributed by atoms with Crippen LogP contribution in [0.4, 0.5) is 8.78 Å². The molecule has 0 aromatic carbocycles. The Balaban J connectivity index is 2.31. The third kappa shape index (κ3) is 6.01. The van der Waals surface area contributed by atoms with E-state index >= 15 is 0 Å². The topological polar surface area (TPSA) is 0 Å². The summed E-state index contributed by atoms with van der Waals surface area (Å²) in [6.07, 6.45) is 14.7. The quantitative estimate of drug-likeness (QED) is 0.358. The maximum absolute atomic E-state index is 13.5. The molecule has 0 heterocycles. The summed E-state index contributed by atoms with van der Waals surface area (Å²) >= 11 is 0. The zero-order valence-electron chi connectivity index (χ0n) is 18.6. The maximum atomic E-state index is 13.5. The predicted octanol–water partition coefficient (Wildman–Crippen LogP) is 8.82. The summed E-state index contributed by atoms with van der Waals surface area (Å²) in [5.41, 5.74) is 8.74. The van der Waals surface area contributed by atoms with Gasteiger partial charge in [0.05, 0.1) is 0 Å². The van der Waals surface area contributed by atoms with Crippen molar-refractivity contribution in [1.82, 2.24) is 0 Å². The van der Waals surface area contributed by atoms with Crippen molar-refractivity contribution in [3.8, 4) is 0 Å². The van der Waals surface area contributed by atoms with E-state index in [4.69, 9.17) is 0 Å². The van der Waals surface area contributed by atoms with E-state index in [-0.39, 0.29) is 12.8 Å². The van der Waals surface area contributed by atoms with Crippen LogP contribution >= 0.6 is 0 Å². The van der Waals surface area contributed by atoms with Crippen LogP contribution in [0.2, 0.25) is 0 Å². The van der Waals surface area contributed by atoms with E-state index in [0.29, 0.717) is 18.8 Å². The normalized spacial score (nSPS) is 22.2. The van der Waals surface area contributed by atoms with E-state index in [2.05, 4.69) is 52.2 Å². The van der Waals surface area contributed by atoms with Crippen LogP contribution in [-0.4, -0.2) is 5.92 Å². The van der Waals surface area contributed by atoms with Gasteiger partial charge in [-0.1, -0.05) is 49.1 Å². The summed E-state index contributed by atoms with van der Waals surface area (Å²) in [4.78, 5) is 0. The smallest absolute Gasteiger partial charge is 0.207 e. The summed E-state index contributed by atoms with van der Waals surface area (Å²) in [7, 11) is 0. The molecule has 158 valence electrons. The van der Waals surface area contributed by atoms with E-state index < -0.39 is 5.92 Å². The minimum absolute atomic E-state index is 0.0204. The fraction of sp³-hybridized carbons (Fsp3) is 0.481. The monoisotopic (exact) mass is 398 g/mol. The lowest BCUT2D eigenvalue weighted by Gasteiger charge is -2.27. The van der Waals surface area contributed by atoms with Crippen LogP contribution in [0.5, 0.6) is 0 Å². The van der Waals surface area contributed by atoms with Crippen molar-refractivity contribution < 1.29 is 8.78 Å². The van der Waals surface area contributed by atoms with Gasteiger partial charge in [0.25, 0.3) is 0 Å². The Bertz CT molecular complexity index is 786. The average molecular weight is 399 g/mol. The Hall–Kier alpha value is -1.96. The van der Waals surface area contributed by atoms with Gasteiger partial charge in [0.2, 0.25) is 5.92 Å². The Kier molecular flexibility index (Phi) is 8.19. The summed E-state index contributed by atoms with van der Waals surface area (Å²) in [5, 5.41) is 0. The minimum Gasteiger partial charge on any atom is -0.207 e. The Morgan fingerprint density at radius 3 is 2.21 bits per heavy atom. The molecule has 1 saturated carbocycles. The van der Waals surface area contributed by atoms with Gasteiger partial charge < -0.3 is 0 Å². The van der Waals surface area contributed by atoms with Gasteiger partial charge in [-0.2, -0.15) is 0 Å². The van der Waals surface area contributed by atoms with E-state index in [9.17, 15) is 8.78 Å². The molecule has 0 aromatic heterocycles. The summed E-state index contributed by atoms with van der Waals surface area (Å²) < 4.78 is 26.9. The fourth-order valence-corrected chi connectivity index (χ4v) is 4.20. The molecule has 0 bridgehead atoms. The molecule has 0 N–H and O–H groups in total. The van der Waals surface area contributed by atoms with Gasteiger partial charge in [-0.25, -0.2) is 8.78 Å². The first-order chi connectivity index (χ1) is 13.7. The van der Waals surface area contributed by atoms with E-state index in [1.807, 2.05) is 19.1 Å². The first-order valence-electron chi connectivity index (χ1n) is 10.8. The van der Waals surface area contributed by atoms with Crippen LogP contribution in [0.1, 0.15) is 72.6 Å². The van der Waals surface area contributed by atoms with Crippen molar-refractivity contribution in [1.29, 1.82) is 0 Å². The van der Waals surface area contributed by atoms with E-state index in [0.717, 1.165) is 24.0 Å². The van der Waals surface area contributed by atoms with E-state index in [1.165, 1.54) is 34.3 Å². The molecule has 0 radical (unpaired) electrons. The summed E-state index contributed by atoms with van der Waals surface area (Å²) in [6.45, 7) is 16.5. The second-order valence-corrected chi connectivity index (χ2v) is 8.47. The Morgan fingerprint density at radius 2 is 1.76 bits per heavy atom. The standard InChI is InChI=1S/C27H36F2/c1-7-23(8-2)26(13-11-22-14-16-27(28,29)17-15-22)21(6)20(5)18-24(9-3)25-12-10-19(25)4/h7-9,13,18,22H,1,3,10-12,14-17H2,2,4-6H3/b21-20+,23-8+,24-18+,26-13+. The molecule has 0 atom stereocenters. The van der Waals surface area contributed by atoms with E-state index in [1.54, 1.807) is 0 Å². The maximum Gasteiger partial charge on any atom is 0.248 e. The molecule has 0 nitrogen and oxygen atoms in total. The van der Waals surface area contributed by atoms with Gasteiger partial charge in [-0.15, -0.1) is 0 Å². The average Bonchev–Trinajstić information content (AvgIpc) is 2.69. The van der Waals surface area contributed by atoms with Gasteiger partial charge in [0, 0.05) is 12.8 Å². The lowest BCUT2D eigenvalue weighted by atomic mass is 9.82. The molecule has 0 aromatic rings. The number of halogens is 2. The van der Waals surface area contributed by atoms with Crippen LogP contribution in [0.25, 0.3) is 0 Å². The van der Waals surface area contributed by atoms with Crippen LogP contribution in [0.15, 0.2) is 82.5 Å². The number of hydrogen-bond acceptors (Lipinski definition) is 0. The van der Waals surface area contributed by atoms with Crippen molar-refractivity contribution in [2.75, 3.05) is 0 Å². The SMILES string of the molecule is C=C\C(=C/C(C)=C(C)/C(=C\CC1CCC(F)(F)CC1)C(/C=C)=C/C)C1=C(C)CC1. The predicted molar refractivity (Wildman–Crippen MR) is 122 cm³/mol. The zero-order valence-corrected chi connectivity index (χ0v) is 18.6. The minimum atomic E-state index is -2.47. The molecule has 1 fully saturated rings. The highest BCUT2D eigenvalue weighted by molar-refractivity contribution is 5.56. The summed E-state index contributed by atoms with van der Waals surface area (Å²) in [6, 6.07) is 0. The molecule has 29 heavy (non-hydrogen) atoms. The van der Waals surface area contributed by atoms with Crippen LogP contribution in [-0.2, 0) is 0 Å². The van der Waals surface area contributed by atoms with Crippen molar-refractivity contribution in [2.45, 2.75) is 78.6 Å². The van der Waals surface area contributed by atoms with Crippen LogP contribution < -0.4 is 0 Å². The van der Waals surface area contributed by atoms with Gasteiger partial charge >= 0.3 is 0 Å². The zero-order chi connectivity index (χ0) is 21.6. The molecular formula is C27H36F2. The van der Waals surface area contributed by atoms with Crippen LogP contribution in [0.3, 0.4) is 0 Å². The Labute approximate surface area is 176 Å². The first kappa shape index (κ1) is 23.3. The van der Waals surface area contributed by atoms with Gasteiger partial charge in [0.15, 0.2) is 0 Å². The highest BCUT2D eigenvalue weighted by Gasteiger charge is 2.34. The summed E-state index contributed by atoms with van der Waals surface area (Å²) in [5.74, 6) is -2.13. The largest absolute Gasteiger partial charge is 0.248 e. The molecule has 0 saturated heterocycles. The van der Waals surface area contributed by atoms with Crippen molar-refractivity contribution in [2.24, 2.45) is 5.92 Å². The number of hydrogen-bond donors (Lipinski definition) is 0. The van der Waals surface area contributed by atoms with Gasteiger partial charge in [0.1, 0.15) is 0 Å². The van der Waals surface area contributed by atoms with Crippen molar-refractivity contribution in [3.05, 3.63) is 82.5 Å². The van der Waals surface area contributed by atoms with Gasteiger partial charge in [-0.05, 0) is 99.2 Å². The first-order valence-corrected chi connectivity index (χ1v) is 10.8. The number of rotatable bonds is 8. The van der Waals surface area contributed by atoms with Crippen LogP contribution in [0, 0.1) is 5.92 Å². The lowest BCUT2D eigenvalue weighted by molar-refractivity contribution is -0.0453. The Morgan fingerprint density at radius 1 is 1.10 bits per heavy atom. The lowest BCUT2D eigenvalue weighted by Crippen LogP contribution is -2.24.